The molecule has 52 valence electrons. The Morgan fingerprint density at radius 2 is 0.875 bits per heavy atom. The van der Waals surface area contributed by atoms with Crippen LogP contribution in [0.1, 0.15) is 0 Å². The van der Waals surface area contributed by atoms with Gasteiger partial charge in [-0.05, 0) is 0 Å². The van der Waals surface area contributed by atoms with E-state index < -0.39 is 0 Å². The molecule has 0 aromatic heterocycles. The van der Waals surface area contributed by atoms with Crippen LogP contribution in [0.5, 0.6) is 0 Å². The van der Waals surface area contributed by atoms with Gasteiger partial charge in [-0.15, -0.1) is 0 Å². The number of carbonyl (C=O) groups excluding carboxylic acids is 1. The van der Waals surface area contributed by atoms with E-state index in [1.165, 1.54) is 0 Å². The molecule has 0 aliphatic heterocycles. The van der Waals surface area contributed by atoms with E-state index in [9.17, 15) is 0 Å². The van der Waals surface area contributed by atoms with Crippen molar-refractivity contribution in [3.8, 4) is 0 Å². The Morgan fingerprint density at radius 1 is 0.875 bits per heavy atom. The predicted molar refractivity (Wildman–Crippen MR) is 26.0 cm³/mol. The Labute approximate surface area is 46.3 Å². The first-order chi connectivity index (χ1) is 3.83. The number of hydrogen-bond acceptors (Lipinski definition) is 7. The second-order valence-corrected chi connectivity index (χ2v) is 0.272. The SMILES string of the molecule is C=O.NON.NON. The van der Waals surface area contributed by atoms with E-state index in [-0.39, 0.29) is 0 Å². The quantitative estimate of drug-likeness (QED) is 0.259. The highest BCUT2D eigenvalue weighted by molar-refractivity contribution is 5.10. The van der Waals surface area contributed by atoms with E-state index in [1.54, 1.807) is 0 Å². The molecular formula is CH10N4O3. The summed E-state index contributed by atoms with van der Waals surface area (Å²) in [6.07, 6.45) is 0. The van der Waals surface area contributed by atoms with E-state index >= 15 is 0 Å². The van der Waals surface area contributed by atoms with Crippen LogP contribution >= 0.6 is 0 Å². The number of nitrogens with two attached hydrogens (primary N) is 4. The largest absolute Gasteiger partial charge is 0.307 e. The summed E-state index contributed by atoms with van der Waals surface area (Å²) in [6, 6.07) is 0. The lowest BCUT2D eigenvalue weighted by Crippen LogP contribution is -2.04. The lowest BCUT2D eigenvalue weighted by atomic mass is 11.9. The van der Waals surface area contributed by atoms with Crippen LogP contribution in [0, 0.1) is 0 Å². The van der Waals surface area contributed by atoms with E-state index in [4.69, 9.17) is 4.79 Å². The summed E-state index contributed by atoms with van der Waals surface area (Å²) >= 11 is 0. The molecule has 0 heterocycles. The molecule has 0 atom stereocenters. The van der Waals surface area contributed by atoms with Gasteiger partial charge in [-0.1, -0.05) is 0 Å². The van der Waals surface area contributed by atoms with Gasteiger partial charge >= 0.3 is 0 Å². The summed E-state index contributed by atoms with van der Waals surface area (Å²) in [7, 11) is 0. The average Bonchev–Trinajstić information content (AvgIpc) is 1.75. The van der Waals surface area contributed by atoms with Crippen LogP contribution in [-0.4, -0.2) is 6.79 Å². The van der Waals surface area contributed by atoms with Gasteiger partial charge in [-0.2, -0.15) is 23.6 Å². The second kappa shape index (κ2) is 92.7. The van der Waals surface area contributed by atoms with Gasteiger partial charge in [-0.25, -0.2) is 9.88 Å². The third kappa shape index (κ3) is 328. The Balaban J connectivity index is -0.0000000483. The second-order valence-electron chi connectivity index (χ2n) is 0.272. The van der Waals surface area contributed by atoms with Gasteiger partial charge in [0.1, 0.15) is 6.79 Å². The van der Waals surface area contributed by atoms with Crippen LogP contribution in [0.2, 0.25) is 0 Å². The lowest BCUT2D eigenvalue weighted by Gasteiger charge is -1.62. The van der Waals surface area contributed by atoms with Crippen LogP contribution < -0.4 is 23.6 Å². The van der Waals surface area contributed by atoms with Crippen molar-refractivity contribution in [1.82, 2.24) is 0 Å². The monoisotopic (exact) mass is 126 g/mol. The number of rotatable bonds is 0. The summed E-state index contributed by atoms with van der Waals surface area (Å²) in [4.78, 5) is 14.5. The zero-order chi connectivity index (χ0) is 7.41. The molecule has 7 nitrogen and oxygen atoms in total. The maximum absolute atomic E-state index is 8.00. The number of hydrogen-bond donors (Lipinski definition) is 4. The van der Waals surface area contributed by atoms with Crippen molar-refractivity contribution in [2.24, 2.45) is 23.6 Å². The van der Waals surface area contributed by atoms with Gasteiger partial charge in [0.25, 0.3) is 0 Å². The smallest absolute Gasteiger partial charge is 0.106 e. The van der Waals surface area contributed by atoms with Crippen molar-refractivity contribution in [3.63, 3.8) is 0 Å². The van der Waals surface area contributed by atoms with Gasteiger partial charge in [0.2, 0.25) is 0 Å². The maximum atomic E-state index is 8.00. The third-order valence-corrected chi connectivity index (χ3v) is 0. The van der Waals surface area contributed by atoms with Crippen LogP contribution in [0.15, 0.2) is 0 Å². The number of carbonyl (C=O) groups is 1. The Morgan fingerprint density at radius 3 is 0.875 bits per heavy atom. The third-order valence-electron chi connectivity index (χ3n) is 0. The molecule has 8 N–H and O–H groups in total. The molecule has 0 spiro atoms. The van der Waals surface area contributed by atoms with Crippen molar-refractivity contribution in [1.29, 1.82) is 0 Å². The Bertz CT molecular complexity index is 18.8. The molecule has 0 saturated carbocycles. The summed E-state index contributed by atoms with van der Waals surface area (Å²) < 4.78 is 0. The molecule has 0 saturated heterocycles. The minimum Gasteiger partial charge on any atom is -0.307 e. The standard InChI is InChI=1S/CH2O.2H4N2O/c1-2;2*1-3-2/h1H2;2*1-2H2. The predicted octanol–water partition coefficient (Wildman–Crippen LogP) is -2.68. The highest BCUT2D eigenvalue weighted by atomic mass is 16.7. The first-order valence-corrected chi connectivity index (χ1v) is 1.23. The molecule has 0 aromatic rings. The van der Waals surface area contributed by atoms with E-state index in [0.29, 0.717) is 0 Å². The van der Waals surface area contributed by atoms with Crippen molar-refractivity contribution >= 4 is 6.79 Å². The molecular weight excluding hydrogens is 116 g/mol. The van der Waals surface area contributed by atoms with Crippen LogP contribution in [-0.2, 0) is 14.7 Å². The van der Waals surface area contributed by atoms with Crippen molar-refractivity contribution in [2.45, 2.75) is 0 Å². The summed E-state index contributed by atoms with van der Waals surface area (Å²) in [5, 5.41) is 0. The Kier molecular flexibility index (Phi) is 181. The highest BCUT2D eigenvalue weighted by Gasteiger charge is 1.21. The minimum absolute atomic E-state index is 2.00. The molecule has 0 unspecified atom stereocenters. The first kappa shape index (κ1) is 15.7. The fourth-order valence-corrected chi connectivity index (χ4v) is 0. The molecule has 7 heteroatoms. The molecule has 0 rings (SSSR count). The van der Waals surface area contributed by atoms with Crippen LogP contribution in [0.25, 0.3) is 0 Å². The van der Waals surface area contributed by atoms with Crippen LogP contribution in [0.4, 0.5) is 0 Å². The van der Waals surface area contributed by atoms with Gasteiger partial charge in [0, 0.05) is 0 Å². The zero-order valence-electron chi connectivity index (χ0n) is 4.24. The zero-order valence-corrected chi connectivity index (χ0v) is 4.24. The van der Waals surface area contributed by atoms with Crippen molar-refractivity contribution in [2.75, 3.05) is 0 Å². The van der Waals surface area contributed by atoms with Crippen LogP contribution in [0.3, 0.4) is 0 Å². The van der Waals surface area contributed by atoms with E-state index in [0.717, 1.165) is 0 Å². The molecule has 0 aromatic carbocycles. The lowest BCUT2D eigenvalue weighted by molar-refractivity contribution is -0.0979. The van der Waals surface area contributed by atoms with E-state index in [1.807, 2.05) is 6.79 Å². The minimum atomic E-state index is 2.00. The molecule has 0 fully saturated rings. The average molecular weight is 126 g/mol. The fraction of sp³-hybridized carbons (Fsp3) is 0. The first-order valence-electron chi connectivity index (χ1n) is 1.23. The van der Waals surface area contributed by atoms with Gasteiger partial charge in [0.15, 0.2) is 0 Å². The summed E-state index contributed by atoms with van der Waals surface area (Å²) in [5.41, 5.74) is 0. The summed E-state index contributed by atoms with van der Waals surface area (Å²) in [5.74, 6) is 16.5. The topological polar surface area (TPSA) is 140 Å². The molecule has 0 aliphatic carbocycles. The summed E-state index contributed by atoms with van der Waals surface area (Å²) in [6.45, 7) is 2.00. The molecule has 0 aliphatic rings. The molecule has 8 heavy (non-hydrogen) atoms. The van der Waals surface area contributed by atoms with Crippen molar-refractivity contribution < 1.29 is 14.7 Å². The molecule has 0 amide bonds. The van der Waals surface area contributed by atoms with Gasteiger partial charge in [0.05, 0.1) is 0 Å². The fourth-order valence-electron chi connectivity index (χ4n) is 0. The van der Waals surface area contributed by atoms with E-state index in [2.05, 4.69) is 33.5 Å². The highest BCUT2D eigenvalue weighted by Crippen LogP contribution is 0.951. The van der Waals surface area contributed by atoms with Gasteiger partial charge < -0.3 is 4.79 Å². The maximum Gasteiger partial charge on any atom is 0.106 e. The normalized spacial score (nSPS) is 5.00. The molecule has 0 bridgehead atoms. The van der Waals surface area contributed by atoms with Gasteiger partial charge in [-0.3, -0.25) is 0 Å². The Hall–Kier alpha value is -0.570. The van der Waals surface area contributed by atoms with Crippen molar-refractivity contribution in [3.05, 3.63) is 0 Å². The molecule has 0 radical (unpaired) electrons.